The maximum absolute atomic E-state index is 5.11. The van der Waals surface area contributed by atoms with Gasteiger partial charge in [0.1, 0.15) is 0 Å². The Hall–Kier alpha value is -0.410. The van der Waals surface area contributed by atoms with E-state index in [1.54, 1.807) is 13.3 Å². The first-order valence-electron chi connectivity index (χ1n) is 3.38. The molecule has 11 heavy (non-hydrogen) atoms. The van der Waals surface area contributed by atoms with Crippen LogP contribution in [0.15, 0.2) is 22.8 Å². The number of hydrogen-bond acceptors (Lipinski definition) is 2. The second-order valence-electron chi connectivity index (χ2n) is 2.28. The van der Waals surface area contributed by atoms with Crippen LogP contribution in [0.2, 0.25) is 0 Å². The molecule has 0 fully saturated rings. The fourth-order valence-corrected chi connectivity index (χ4v) is 1.12. The summed E-state index contributed by atoms with van der Waals surface area (Å²) in [5.74, 6) is 0. The lowest BCUT2D eigenvalue weighted by atomic mass is 10.2. The van der Waals surface area contributed by atoms with Crippen LogP contribution in [0, 0.1) is 0 Å². The number of nitrogens with zero attached hydrogens (tertiary/aromatic N) is 1. The molecule has 0 bridgehead atoms. The standard InChI is InChI=1S/C8H10BrNO/c1-6(11-2)8-5-7(9)3-4-10-8/h3-6H,1-2H3. The van der Waals surface area contributed by atoms with Crippen LogP contribution in [0.5, 0.6) is 0 Å². The first-order chi connectivity index (χ1) is 5.24. The van der Waals surface area contributed by atoms with Gasteiger partial charge >= 0.3 is 0 Å². The van der Waals surface area contributed by atoms with Gasteiger partial charge in [-0.1, -0.05) is 15.9 Å². The van der Waals surface area contributed by atoms with E-state index in [1.165, 1.54) is 0 Å². The zero-order chi connectivity index (χ0) is 8.27. The molecule has 0 N–H and O–H groups in total. The summed E-state index contributed by atoms with van der Waals surface area (Å²) in [5, 5.41) is 0. The van der Waals surface area contributed by atoms with E-state index in [-0.39, 0.29) is 6.10 Å². The first-order valence-corrected chi connectivity index (χ1v) is 4.17. The molecule has 60 valence electrons. The van der Waals surface area contributed by atoms with Crippen molar-refractivity contribution < 1.29 is 4.74 Å². The van der Waals surface area contributed by atoms with Crippen LogP contribution in [-0.4, -0.2) is 12.1 Å². The molecule has 1 aromatic rings. The Bertz CT molecular complexity index is 239. The monoisotopic (exact) mass is 215 g/mol. The molecule has 3 heteroatoms. The predicted molar refractivity (Wildman–Crippen MR) is 47.4 cm³/mol. The molecule has 1 atom stereocenters. The summed E-state index contributed by atoms with van der Waals surface area (Å²) >= 11 is 3.36. The molecule has 0 aliphatic heterocycles. The van der Waals surface area contributed by atoms with E-state index in [2.05, 4.69) is 20.9 Å². The average Bonchev–Trinajstić information content (AvgIpc) is 2.03. The van der Waals surface area contributed by atoms with Crippen LogP contribution in [0.3, 0.4) is 0 Å². The molecular formula is C8H10BrNO. The summed E-state index contributed by atoms with van der Waals surface area (Å²) in [4.78, 5) is 4.16. The molecule has 1 rings (SSSR count). The molecule has 0 aliphatic rings. The highest BCUT2D eigenvalue weighted by atomic mass is 79.9. The summed E-state index contributed by atoms with van der Waals surface area (Å²) < 4.78 is 6.14. The molecule has 1 heterocycles. The number of rotatable bonds is 2. The van der Waals surface area contributed by atoms with Gasteiger partial charge in [0.05, 0.1) is 11.8 Å². The first kappa shape index (κ1) is 8.68. The minimum absolute atomic E-state index is 0.0625. The van der Waals surface area contributed by atoms with E-state index in [4.69, 9.17) is 4.74 Å². The third-order valence-corrected chi connectivity index (χ3v) is 2.01. The van der Waals surface area contributed by atoms with Crippen molar-refractivity contribution in [3.63, 3.8) is 0 Å². The lowest BCUT2D eigenvalue weighted by molar-refractivity contribution is 0.116. The van der Waals surface area contributed by atoms with Crippen LogP contribution >= 0.6 is 15.9 Å². The number of hydrogen-bond donors (Lipinski definition) is 0. The Morgan fingerprint density at radius 1 is 1.64 bits per heavy atom. The second-order valence-corrected chi connectivity index (χ2v) is 3.19. The normalized spacial score (nSPS) is 13.0. The Balaban J connectivity index is 2.86. The van der Waals surface area contributed by atoms with Crippen LogP contribution in [0.1, 0.15) is 18.7 Å². The second kappa shape index (κ2) is 3.83. The van der Waals surface area contributed by atoms with Crippen LogP contribution in [-0.2, 0) is 4.74 Å². The highest BCUT2D eigenvalue weighted by Gasteiger charge is 2.03. The van der Waals surface area contributed by atoms with Crippen molar-refractivity contribution in [1.29, 1.82) is 0 Å². The number of ether oxygens (including phenoxy) is 1. The molecule has 1 aromatic heterocycles. The van der Waals surface area contributed by atoms with Crippen molar-refractivity contribution in [3.05, 3.63) is 28.5 Å². The van der Waals surface area contributed by atoms with Gasteiger partial charge in [-0.2, -0.15) is 0 Å². The molecule has 2 nitrogen and oxygen atoms in total. The van der Waals surface area contributed by atoms with E-state index in [0.29, 0.717) is 0 Å². The largest absolute Gasteiger partial charge is 0.375 e. The molecule has 0 aliphatic carbocycles. The van der Waals surface area contributed by atoms with Crippen LogP contribution in [0.25, 0.3) is 0 Å². The Kier molecular flexibility index (Phi) is 3.02. The molecule has 0 spiro atoms. The van der Waals surface area contributed by atoms with Crippen molar-refractivity contribution in [3.8, 4) is 0 Å². The maximum atomic E-state index is 5.11. The molecule has 0 saturated heterocycles. The van der Waals surface area contributed by atoms with Crippen molar-refractivity contribution in [2.24, 2.45) is 0 Å². The zero-order valence-electron chi connectivity index (χ0n) is 6.54. The van der Waals surface area contributed by atoms with Gasteiger partial charge in [-0.3, -0.25) is 4.98 Å². The van der Waals surface area contributed by atoms with Gasteiger partial charge in [-0.25, -0.2) is 0 Å². The van der Waals surface area contributed by atoms with E-state index >= 15 is 0 Å². The van der Waals surface area contributed by atoms with Crippen molar-refractivity contribution in [2.75, 3.05) is 7.11 Å². The fraction of sp³-hybridized carbons (Fsp3) is 0.375. The van der Waals surface area contributed by atoms with Gasteiger partial charge < -0.3 is 4.74 Å². The topological polar surface area (TPSA) is 22.1 Å². The minimum atomic E-state index is 0.0625. The molecule has 0 radical (unpaired) electrons. The molecule has 0 saturated carbocycles. The number of aromatic nitrogens is 1. The maximum Gasteiger partial charge on any atom is 0.0963 e. The molecule has 0 amide bonds. The van der Waals surface area contributed by atoms with Crippen molar-refractivity contribution >= 4 is 15.9 Å². The summed E-state index contributed by atoms with van der Waals surface area (Å²) in [6, 6.07) is 3.85. The Morgan fingerprint density at radius 2 is 2.36 bits per heavy atom. The fourth-order valence-electron chi connectivity index (χ4n) is 0.764. The van der Waals surface area contributed by atoms with Gasteiger partial charge in [-0.15, -0.1) is 0 Å². The van der Waals surface area contributed by atoms with Crippen LogP contribution in [0.4, 0.5) is 0 Å². The quantitative estimate of drug-likeness (QED) is 0.757. The van der Waals surface area contributed by atoms with E-state index in [1.807, 2.05) is 19.1 Å². The number of methoxy groups -OCH3 is 1. The Labute approximate surface area is 74.7 Å². The van der Waals surface area contributed by atoms with E-state index in [0.717, 1.165) is 10.2 Å². The van der Waals surface area contributed by atoms with Crippen molar-refractivity contribution in [1.82, 2.24) is 4.98 Å². The van der Waals surface area contributed by atoms with Gasteiger partial charge in [0.2, 0.25) is 0 Å². The third kappa shape index (κ3) is 2.27. The van der Waals surface area contributed by atoms with Gasteiger partial charge in [0, 0.05) is 17.8 Å². The SMILES string of the molecule is COC(C)c1cc(Br)ccn1. The lowest BCUT2D eigenvalue weighted by Crippen LogP contribution is -1.97. The number of halogens is 1. The average molecular weight is 216 g/mol. The third-order valence-electron chi connectivity index (χ3n) is 1.51. The van der Waals surface area contributed by atoms with E-state index < -0.39 is 0 Å². The molecule has 0 aromatic carbocycles. The lowest BCUT2D eigenvalue weighted by Gasteiger charge is -2.07. The van der Waals surface area contributed by atoms with E-state index in [9.17, 15) is 0 Å². The van der Waals surface area contributed by atoms with Gasteiger partial charge in [0.25, 0.3) is 0 Å². The molecular weight excluding hydrogens is 206 g/mol. The summed E-state index contributed by atoms with van der Waals surface area (Å²) in [7, 11) is 1.67. The summed E-state index contributed by atoms with van der Waals surface area (Å²) in [6.45, 7) is 1.97. The summed E-state index contributed by atoms with van der Waals surface area (Å²) in [5.41, 5.74) is 0.946. The predicted octanol–water partition coefficient (Wildman–Crippen LogP) is 2.55. The van der Waals surface area contributed by atoms with Crippen molar-refractivity contribution in [2.45, 2.75) is 13.0 Å². The zero-order valence-corrected chi connectivity index (χ0v) is 8.13. The highest BCUT2D eigenvalue weighted by molar-refractivity contribution is 9.10. The smallest absolute Gasteiger partial charge is 0.0963 e. The Morgan fingerprint density at radius 3 is 2.91 bits per heavy atom. The minimum Gasteiger partial charge on any atom is -0.375 e. The van der Waals surface area contributed by atoms with Crippen LogP contribution < -0.4 is 0 Å². The highest BCUT2D eigenvalue weighted by Crippen LogP contribution is 2.16. The number of pyridine rings is 1. The van der Waals surface area contributed by atoms with Gasteiger partial charge in [0.15, 0.2) is 0 Å². The van der Waals surface area contributed by atoms with Gasteiger partial charge in [-0.05, 0) is 19.1 Å². The summed E-state index contributed by atoms with van der Waals surface area (Å²) in [6.07, 6.45) is 1.82. The molecule has 1 unspecified atom stereocenters.